The molecule has 0 unspecified atom stereocenters. The van der Waals surface area contributed by atoms with Crippen LogP contribution in [0.1, 0.15) is 47.2 Å². The number of benzene rings is 4. The highest BCUT2D eigenvalue weighted by atomic mass is 19.4. The summed E-state index contributed by atoms with van der Waals surface area (Å²) in [6, 6.07) is 29.1. The predicted molar refractivity (Wildman–Crippen MR) is 174 cm³/mol. The summed E-state index contributed by atoms with van der Waals surface area (Å²) in [6.45, 7) is 2.82. The van der Waals surface area contributed by atoms with Gasteiger partial charge in [0.15, 0.2) is 5.76 Å². The summed E-state index contributed by atoms with van der Waals surface area (Å²) >= 11 is 0. The summed E-state index contributed by atoms with van der Waals surface area (Å²) in [6.07, 6.45) is -1.58. The van der Waals surface area contributed by atoms with Crippen LogP contribution in [0.4, 0.5) is 18.9 Å². The third-order valence-corrected chi connectivity index (χ3v) is 8.88. The van der Waals surface area contributed by atoms with E-state index in [1.165, 1.54) is 12.1 Å². The van der Waals surface area contributed by atoms with Crippen LogP contribution in [0.3, 0.4) is 0 Å². The van der Waals surface area contributed by atoms with Gasteiger partial charge >= 0.3 is 12.1 Å². The summed E-state index contributed by atoms with van der Waals surface area (Å²) < 4.78 is 49.9. The monoisotopic (exact) mass is 640 g/mol. The minimum absolute atomic E-state index is 0.173. The summed E-state index contributed by atoms with van der Waals surface area (Å²) in [5, 5.41) is 13.5. The van der Waals surface area contributed by atoms with Gasteiger partial charge in [-0.1, -0.05) is 78.0 Å². The second-order valence-electron chi connectivity index (χ2n) is 12.3. The number of likely N-dealkylation sites (N-methyl/N-ethyl adjacent to an activating group) is 1. The zero-order chi connectivity index (χ0) is 33.2. The molecule has 1 heterocycles. The molecule has 4 aromatic carbocycles. The Morgan fingerprint density at radius 2 is 1.45 bits per heavy atom. The first-order chi connectivity index (χ1) is 22.5. The Balaban J connectivity index is 1.05. The Bertz CT molecular complexity index is 1830. The fraction of sp³-hybridized carbons (Fsp3) is 0.263. The van der Waals surface area contributed by atoms with Crippen LogP contribution in [-0.4, -0.2) is 29.8 Å². The molecule has 0 bridgehead atoms. The number of aliphatic carboxylic acids is 1. The maximum Gasteiger partial charge on any atom is 0.416 e. The van der Waals surface area contributed by atoms with Gasteiger partial charge in [-0.3, -0.25) is 4.79 Å². The first-order valence-electron chi connectivity index (χ1n) is 15.5. The van der Waals surface area contributed by atoms with Crippen LogP contribution >= 0.6 is 0 Å². The van der Waals surface area contributed by atoms with Crippen molar-refractivity contribution in [2.75, 3.05) is 18.5 Å². The number of aryl methyl sites for hydroxylation is 1. The SMILES string of the molecule is Cc1noc(-c2ccc(-c3ccc(C4(CC(=O)O)CC4)cc3)cc2)c1N(C)CCc1ccc(OCc2ccc(C(F)(F)F)cc2)cc1. The van der Waals surface area contributed by atoms with Gasteiger partial charge < -0.3 is 19.3 Å². The number of rotatable bonds is 12. The van der Waals surface area contributed by atoms with Gasteiger partial charge in [0, 0.05) is 24.6 Å². The van der Waals surface area contributed by atoms with Crippen molar-refractivity contribution in [1.82, 2.24) is 5.16 Å². The molecule has 1 saturated carbocycles. The summed E-state index contributed by atoms with van der Waals surface area (Å²) in [4.78, 5) is 13.4. The van der Waals surface area contributed by atoms with Gasteiger partial charge in [0.1, 0.15) is 23.7 Å². The molecule has 6 nitrogen and oxygen atoms in total. The third-order valence-electron chi connectivity index (χ3n) is 8.88. The highest BCUT2D eigenvalue weighted by molar-refractivity contribution is 5.77. The van der Waals surface area contributed by atoms with Crippen molar-refractivity contribution in [3.05, 3.63) is 125 Å². The minimum Gasteiger partial charge on any atom is -0.489 e. The molecule has 0 saturated heterocycles. The van der Waals surface area contributed by atoms with E-state index in [0.29, 0.717) is 23.6 Å². The molecule has 0 amide bonds. The Hall–Kier alpha value is -5.05. The van der Waals surface area contributed by atoms with E-state index in [2.05, 4.69) is 46.5 Å². The number of carbonyl (C=O) groups is 1. The van der Waals surface area contributed by atoms with Gasteiger partial charge in [-0.2, -0.15) is 13.2 Å². The molecule has 0 radical (unpaired) electrons. The van der Waals surface area contributed by atoms with Crippen molar-refractivity contribution < 1.29 is 32.3 Å². The highest BCUT2D eigenvalue weighted by Crippen LogP contribution is 2.51. The summed E-state index contributed by atoms with van der Waals surface area (Å²) in [7, 11) is 2.01. The number of anilines is 1. The van der Waals surface area contributed by atoms with Crippen LogP contribution in [0.15, 0.2) is 102 Å². The Kier molecular flexibility index (Phi) is 8.82. The van der Waals surface area contributed by atoms with Crippen LogP contribution in [0.5, 0.6) is 5.75 Å². The number of aromatic nitrogens is 1. The van der Waals surface area contributed by atoms with Gasteiger partial charge in [-0.15, -0.1) is 0 Å². The van der Waals surface area contributed by atoms with E-state index in [0.717, 1.165) is 70.6 Å². The van der Waals surface area contributed by atoms with E-state index in [4.69, 9.17) is 9.26 Å². The van der Waals surface area contributed by atoms with E-state index in [1.54, 1.807) is 0 Å². The van der Waals surface area contributed by atoms with Crippen LogP contribution in [0.25, 0.3) is 22.5 Å². The first-order valence-corrected chi connectivity index (χ1v) is 15.5. The van der Waals surface area contributed by atoms with Crippen molar-refractivity contribution in [2.45, 2.75) is 50.8 Å². The minimum atomic E-state index is -4.36. The largest absolute Gasteiger partial charge is 0.489 e. The van der Waals surface area contributed by atoms with E-state index >= 15 is 0 Å². The molecule has 1 aromatic heterocycles. The molecule has 0 atom stereocenters. The van der Waals surface area contributed by atoms with Gasteiger partial charge in [0.25, 0.3) is 0 Å². The maximum atomic E-state index is 12.8. The predicted octanol–water partition coefficient (Wildman–Crippen LogP) is 9.10. The summed E-state index contributed by atoms with van der Waals surface area (Å²) in [5.74, 6) is 0.584. The van der Waals surface area contributed by atoms with Crippen LogP contribution in [-0.2, 0) is 29.4 Å². The van der Waals surface area contributed by atoms with Crippen molar-refractivity contribution in [1.29, 1.82) is 0 Å². The molecule has 5 aromatic rings. The van der Waals surface area contributed by atoms with Crippen molar-refractivity contribution in [3.8, 4) is 28.2 Å². The molecule has 9 heteroatoms. The highest BCUT2D eigenvalue weighted by Gasteiger charge is 2.45. The van der Waals surface area contributed by atoms with Crippen LogP contribution in [0, 0.1) is 6.92 Å². The standard InChI is InChI=1S/C38H35F3N2O4/c1-25-35(43(2)22-19-26-5-17-33(18-6-26)46-24-27-3-13-32(14-4-27)38(39,40)41)36(47-42-25)30-9-7-28(8-10-30)29-11-15-31(16-12-29)37(20-21-37)23-34(44)45/h3-18H,19-24H2,1-2H3,(H,44,45). The van der Waals surface area contributed by atoms with Crippen molar-refractivity contribution in [3.63, 3.8) is 0 Å². The third kappa shape index (κ3) is 7.35. The molecule has 242 valence electrons. The number of hydrogen-bond acceptors (Lipinski definition) is 5. The van der Waals surface area contributed by atoms with E-state index in [9.17, 15) is 23.1 Å². The average molecular weight is 641 g/mol. The fourth-order valence-electron chi connectivity index (χ4n) is 5.96. The van der Waals surface area contributed by atoms with E-state index in [-0.39, 0.29) is 18.4 Å². The first kappa shape index (κ1) is 31.9. The summed E-state index contributed by atoms with van der Waals surface area (Å²) in [5.41, 5.74) is 6.73. The molecule has 47 heavy (non-hydrogen) atoms. The lowest BCUT2D eigenvalue weighted by atomic mass is 9.91. The molecule has 1 aliphatic carbocycles. The number of carboxylic acid groups (broad SMARTS) is 1. The number of carboxylic acids is 1. The van der Waals surface area contributed by atoms with Gasteiger partial charge in [-0.05, 0) is 78.3 Å². The lowest BCUT2D eigenvalue weighted by Gasteiger charge is -2.19. The quantitative estimate of drug-likeness (QED) is 0.147. The Morgan fingerprint density at radius 3 is 2.02 bits per heavy atom. The second-order valence-corrected chi connectivity index (χ2v) is 12.3. The van der Waals surface area contributed by atoms with Crippen molar-refractivity contribution >= 4 is 11.7 Å². The van der Waals surface area contributed by atoms with Gasteiger partial charge in [-0.25, -0.2) is 0 Å². The maximum absolute atomic E-state index is 12.8. The molecular formula is C38H35F3N2O4. The molecule has 0 aliphatic heterocycles. The van der Waals surface area contributed by atoms with Gasteiger partial charge in [0.2, 0.25) is 0 Å². The van der Waals surface area contributed by atoms with E-state index in [1.807, 2.05) is 50.4 Å². The zero-order valence-electron chi connectivity index (χ0n) is 26.2. The smallest absolute Gasteiger partial charge is 0.416 e. The van der Waals surface area contributed by atoms with Crippen molar-refractivity contribution in [2.24, 2.45) is 0 Å². The number of hydrogen-bond donors (Lipinski definition) is 1. The van der Waals surface area contributed by atoms with E-state index < -0.39 is 17.7 Å². The molecule has 0 spiro atoms. The lowest BCUT2D eigenvalue weighted by Crippen LogP contribution is -2.21. The molecule has 1 N–H and O–H groups in total. The van der Waals surface area contributed by atoms with Crippen LogP contribution in [0.2, 0.25) is 0 Å². The molecular weight excluding hydrogens is 605 g/mol. The number of halogens is 3. The fourth-order valence-corrected chi connectivity index (χ4v) is 5.96. The average Bonchev–Trinajstić information content (AvgIpc) is 3.74. The normalized spacial score (nSPS) is 13.7. The Morgan fingerprint density at radius 1 is 0.872 bits per heavy atom. The second kappa shape index (κ2) is 13.0. The topological polar surface area (TPSA) is 75.8 Å². The number of nitrogens with zero attached hydrogens (tertiary/aromatic N) is 2. The van der Waals surface area contributed by atoms with Gasteiger partial charge in [0.05, 0.1) is 12.0 Å². The Labute approximate surface area is 271 Å². The van der Waals surface area contributed by atoms with Crippen LogP contribution < -0.4 is 9.64 Å². The zero-order valence-corrected chi connectivity index (χ0v) is 26.2. The lowest BCUT2D eigenvalue weighted by molar-refractivity contribution is -0.138. The number of alkyl halides is 3. The molecule has 1 aliphatic rings. The molecule has 1 fully saturated rings. The molecule has 6 rings (SSSR count). The number of ether oxygens (including phenoxy) is 1.